The second-order valence-corrected chi connectivity index (χ2v) is 4.40. The highest BCUT2D eigenvalue weighted by Gasteiger charge is 2.14. The largest absolute Gasteiger partial charge is 0.496 e. The van der Waals surface area contributed by atoms with E-state index in [4.69, 9.17) is 10.5 Å². The molecule has 0 bridgehead atoms. The van der Waals surface area contributed by atoms with Crippen LogP contribution in [0.1, 0.15) is 5.56 Å². The zero-order valence-corrected chi connectivity index (χ0v) is 10.8. The van der Waals surface area contributed by atoms with Crippen LogP contribution in [0.25, 0.3) is 11.3 Å². The van der Waals surface area contributed by atoms with E-state index in [0.29, 0.717) is 17.0 Å². The van der Waals surface area contributed by atoms with E-state index in [2.05, 4.69) is 26.1 Å². The molecule has 90 valence electrons. The zero-order valence-electron chi connectivity index (χ0n) is 9.21. The molecule has 2 aromatic rings. The number of ether oxygens (including phenoxy) is 1. The van der Waals surface area contributed by atoms with Gasteiger partial charge in [-0.15, -0.1) is 0 Å². The molecule has 0 aliphatic carbocycles. The molecule has 0 aliphatic rings. The molecule has 0 spiro atoms. The van der Waals surface area contributed by atoms with Crippen molar-refractivity contribution in [3.8, 4) is 17.0 Å². The van der Waals surface area contributed by atoms with Crippen molar-refractivity contribution in [3.63, 3.8) is 0 Å². The van der Waals surface area contributed by atoms with Gasteiger partial charge in [-0.3, -0.25) is 15.0 Å². The van der Waals surface area contributed by atoms with Gasteiger partial charge in [-0.1, -0.05) is 15.9 Å². The second-order valence-electron chi connectivity index (χ2n) is 3.48. The smallest absolute Gasteiger partial charge is 0.269 e. The summed E-state index contributed by atoms with van der Waals surface area (Å²) in [5.74, 6) is 0.679. The Kier molecular flexibility index (Phi) is 3.35. The van der Waals surface area contributed by atoms with Crippen molar-refractivity contribution in [2.45, 2.75) is 6.54 Å². The monoisotopic (exact) mass is 297 g/mol. The topological polar surface area (TPSA) is 83.9 Å². The van der Waals surface area contributed by atoms with Gasteiger partial charge in [-0.05, 0) is 18.2 Å². The Hall–Kier alpha value is -1.53. The lowest BCUT2D eigenvalue weighted by molar-refractivity contribution is 0.416. The Morgan fingerprint density at radius 1 is 1.41 bits per heavy atom. The molecule has 2 rings (SSSR count). The van der Waals surface area contributed by atoms with Crippen LogP contribution in [-0.4, -0.2) is 17.3 Å². The molecule has 1 aromatic heterocycles. The predicted octanol–water partition coefficient (Wildman–Crippen LogP) is 1.60. The van der Waals surface area contributed by atoms with Crippen LogP contribution < -0.4 is 16.0 Å². The Morgan fingerprint density at radius 2 is 2.18 bits per heavy atom. The van der Waals surface area contributed by atoms with Crippen molar-refractivity contribution in [3.05, 3.63) is 38.6 Å². The van der Waals surface area contributed by atoms with Crippen LogP contribution in [0.4, 0.5) is 0 Å². The van der Waals surface area contributed by atoms with Gasteiger partial charge < -0.3 is 10.5 Å². The van der Waals surface area contributed by atoms with E-state index in [-0.39, 0.29) is 12.1 Å². The summed E-state index contributed by atoms with van der Waals surface area (Å²) in [6.07, 6.45) is 0. The van der Waals surface area contributed by atoms with Crippen molar-refractivity contribution in [1.82, 2.24) is 10.2 Å². The van der Waals surface area contributed by atoms with E-state index < -0.39 is 0 Å². The third-order valence-electron chi connectivity index (χ3n) is 2.51. The molecule has 0 aliphatic heterocycles. The summed E-state index contributed by atoms with van der Waals surface area (Å²) in [6.45, 7) is 0.170. The number of nitrogens with one attached hydrogen (secondary N) is 2. The quantitative estimate of drug-likeness (QED) is 0.804. The van der Waals surface area contributed by atoms with E-state index in [9.17, 15) is 4.79 Å². The minimum atomic E-state index is -0.204. The Morgan fingerprint density at radius 3 is 2.82 bits per heavy atom. The van der Waals surface area contributed by atoms with E-state index in [1.165, 1.54) is 0 Å². The first-order valence-electron chi connectivity index (χ1n) is 5.01. The summed E-state index contributed by atoms with van der Waals surface area (Å²) in [5, 5.41) is 5.35. The number of H-pyrrole nitrogens is 2. The molecular formula is C11H12BrN3O2. The number of rotatable bonds is 3. The Balaban J connectivity index is 2.66. The van der Waals surface area contributed by atoms with Crippen molar-refractivity contribution < 1.29 is 4.74 Å². The third kappa shape index (κ3) is 2.13. The van der Waals surface area contributed by atoms with Crippen LogP contribution in [0.5, 0.6) is 5.75 Å². The standard InChI is InChI=1S/C11H12BrN3O2/c1-17-9-3-2-6(12)4-7(9)10-8(5-13)11(16)15-14-10/h2-4H,5,13H2,1H3,(H2,14,15,16). The molecule has 0 amide bonds. The minimum absolute atomic E-state index is 0.170. The van der Waals surface area contributed by atoms with Crippen molar-refractivity contribution in [2.24, 2.45) is 5.73 Å². The highest BCUT2D eigenvalue weighted by molar-refractivity contribution is 9.10. The molecule has 0 saturated carbocycles. The number of benzene rings is 1. The molecule has 0 fully saturated rings. The van der Waals surface area contributed by atoms with Gasteiger partial charge in [0.15, 0.2) is 0 Å². The molecule has 4 N–H and O–H groups in total. The molecule has 0 unspecified atom stereocenters. The predicted molar refractivity (Wildman–Crippen MR) is 69.0 cm³/mol. The summed E-state index contributed by atoms with van der Waals surface area (Å²) in [7, 11) is 1.58. The SMILES string of the molecule is COc1ccc(Br)cc1-c1[nH][nH]c(=O)c1CN. The number of methoxy groups -OCH3 is 1. The number of halogens is 1. The first-order valence-corrected chi connectivity index (χ1v) is 5.80. The number of aromatic nitrogens is 2. The Labute approximate surface area is 106 Å². The number of nitrogens with two attached hydrogens (primary N) is 1. The highest BCUT2D eigenvalue weighted by atomic mass is 79.9. The van der Waals surface area contributed by atoms with Gasteiger partial charge in [-0.2, -0.15) is 0 Å². The Bertz CT molecular complexity index is 589. The normalized spacial score (nSPS) is 10.5. The summed E-state index contributed by atoms with van der Waals surface area (Å²) in [5.41, 5.74) is 7.34. The zero-order chi connectivity index (χ0) is 12.4. The molecule has 5 nitrogen and oxygen atoms in total. The fraction of sp³-hybridized carbons (Fsp3) is 0.182. The average Bonchev–Trinajstić information content (AvgIpc) is 2.70. The molecule has 17 heavy (non-hydrogen) atoms. The number of hydrogen-bond donors (Lipinski definition) is 3. The molecule has 1 heterocycles. The highest BCUT2D eigenvalue weighted by Crippen LogP contribution is 2.32. The van der Waals surface area contributed by atoms with Crippen molar-refractivity contribution in [2.75, 3.05) is 7.11 Å². The summed E-state index contributed by atoms with van der Waals surface area (Å²) < 4.78 is 6.17. The fourth-order valence-corrected chi connectivity index (χ4v) is 2.04. The van der Waals surface area contributed by atoms with E-state index >= 15 is 0 Å². The lowest BCUT2D eigenvalue weighted by Gasteiger charge is -2.08. The first-order chi connectivity index (χ1) is 8.17. The van der Waals surface area contributed by atoms with Gasteiger partial charge >= 0.3 is 0 Å². The average molecular weight is 298 g/mol. The fourth-order valence-electron chi connectivity index (χ4n) is 1.68. The van der Waals surface area contributed by atoms with Gasteiger partial charge in [0.25, 0.3) is 5.56 Å². The lowest BCUT2D eigenvalue weighted by Crippen LogP contribution is -2.10. The second kappa shape index (κ2) is 4.77. The summed E-state index contributed by atoms with van der Waals surface area (Å²) in [4.78, 5) is 11.5. The van der Waals surface area contributed by atoms with Gasteiger partial charge in [0.2, 0.25) is 0 Å². The molecular weight excluding hydrogens is 286 g/mol. The third-order valence-corrected chi connectivity index (χ3v) is 3.01. The van der Waals surface area contributed by atoms with Gasteiger partial charge in [0.05, 0.1) is 18.4 Å². The van der Waals surface area contributed by atoms with Crippen LogP contribution in [0.3, 0.4) is 0 Å². The van der Waals surface area contributed by atoms with Crippen LogP contribution >= 0.6 is 15.9 Å². The summed E-state index contributed by atoms with van der Waals surface area (Å²) >= 11 is 3.39. The maximum atomic E-state index is 11.5. The van der Waals surface area contributed by atoms with E-state index in [1.54, 1.807) is 7.11 Å². The minimum Gasteiger partial charge on any atom is -0.496 e. The first kappa shape index (κ1) is 11.9. The lowest BCUT2D eigenvalue weighted by atomic mass is 10.1. The summed E-state index contributed by atoms with van der Waals surface area (Å²) in [6, 6.07) is 5.57. The molecule has 0 atom stereocenters. The molecule has 0 radical (unpaired) electrons. The molecule has 1 aromatic carbocycles. The van der Waals surface area contributed by atoms with Crippen LogP contribution in [-0.2, 0) is 6.54 Å². The van der Waals surface area contributed by atoms with Gasteiger partial charge in [0.1, 0.15) is 5.75 Å². The van der Waals surface area contributed by atoms with Crippen molar-refractivity contribution in [1.29, 1.82) is 0 Å². The molecule has 0 saturated heterocycles. The maximum Gasteiger partial charge on any atom is 0.269 e. The molecule has 6 heteroatoms. The van der Waals surface area contributed by atoms with Crippen LogP contribution in [0.2, 0.25) is 0 Å². The van der Waals surface area contributed by atoms with Crippen molar-refractivity contribution >= 4 is 15.9 Å². The van der Waals surface area contributed by atoms with Gasteiger partial charge in [0, 0.05) is 16.6 Å². The maximum absolute atomic E-state index is 11.5. The van der Waals surface area contributed by atoms with E-state index in [0.717, 1.165) is 10.0 Å². The van der Waals surface area contributed by atoms with E-state index in [1.807, 2.05) is 18.2 Å². The van der Waals surface area contributed by atoms with Crippen LogP contribution in [0, 0.1) is 0 Å². The number of aromatic amines is 2. The van der Waals surface area contributed by atoms with Gasteiger partial charge in [-0.25, -0.2) is 0 Å². The number of hydrogen-bond acceptors (Lipinski definition) is 3. The van der Waals surface area contributed by atoms with Crippen LogP contribution in [0.15, 0.2) is 27.5 Å².